The lowest BCUT2D eigenvalue weighted by atomic mass is 10.2. The number of rotatable bonds is 5. The van der Waals surface area contributed by atoms with Gasteiger partial charge in [0.25, 0.3) is 0 Å². The highest BCUT2D eigenvalue weighted by Crippen LogP contribution is 2.34. The van der Waals surface area contributed by atoms with Crippen LogP contribution >= 0.6 is 11.6 Å². The van der Waals surface area contributed by atoms with Crippen molar-refractivity contribution in [1.82, 2.24) is 14.5 Å². The largest absolute Gasteiger partial charge is 0.416 e. The van der Waals surface area contributed by atoms with E-state index in [9.17, 15) is 26.4 Å². The molecule has 1 saturated carbocycles. The smallest absolute Gasteiger partial charge is 0.352 e. The summed E-state index contributed by atoms with van der Waals surface area (Å²) in [5.74, 6) is -0.102. The fourth-order valence-corrected chi connectivity index (χ4v) is 4.77. The molecule has 1 saturated heterocycles. The Morgan fingerprint density at radius 3 is 2.37 bits per heavy atom. The van der Waals surface area contributed by atoms with Crippen LogP contribution in [0.3, 0.4) is 0 Å². The van der Waals surface area contributed by atoms with Crippen LogP contribution in [0.15, 0.2) is 23.1 Å². The van der Waals surface area contributed by atoms with Crippen LogP contribution in [0.4, 0.5) is 13.2 Å². The number of piperazine rings is 1. The average Bonchev–Trinajstić information content (AvgIpc) is 3.38. The van der Waals surface area contributed by atoms with Crippen LogP contribution < -0.4 is 5.32 Å². The first-order chi connectivity index (χ1) is 12.6. The molecule has 11 heteroatoms. The first kappa shape index (κ1) is 20.4. The molecule has 150 valence electrons. The molecule has 3 rings (SSSR count). The van der Waals surface area contributed by atoms with Crippen LogP contribution in [-0.4, -0.2) is 62.3 Å². The molecule has 1 aromatic rings. The van der Waals surface area contributed by atoms with Gasteiger partial charge in [0.2, 0.25) is 15.9 Å². The fourth-order valence-electron chi connectivity index (χ4n) is 2.85. The summed E-state index contributed by atoms with van der Waals surface area (Å²) in [5, 5.41) is 2.60. The number of hydrogen-bond acceptors (Lipinski definition) is 4. The first-order valence-corrected chi connectivity index (χ1v) is 10.3. The second kappa shape index (κ2) is 7.57. The first-order valence-electron chi connectivity index (χ1n) is 8.46. The summed E-state index contributed by atoms with van der Waals surface area (Å²) < 4.78 is 65.3. The van der Waals surface area contributed by atoms with Crippen LogP contribution in [0.25, 0.3) is 0 Å². The molecule has 1 aromatic carbocycles. The van der Waals surface area contributed by atoms with Crippen molar-refractivity contribution in [2.24, 2.45) is 0 Å². The number of nitrogens with one attached hydrogen (secondary N) is 1. The second-order valence-corrected chi connectivity index (χ2v) is 8.98. The van der Waals surface area contributed by atoms with Crippen LogP contribution in [0.1, 0.15) is 18.4 Å². The summed E-state index contributed by atoms with van der Waals surface area (Å²) in [6, 6.07) is 2.50. The Hall–Kier alpha value is -1.36. The standard InChI is InChI=1S/C16H19ClF3N3O3S/c17-13-4-1-11(16(18,19)20)9-14(13)27(25,26)23-7-5-22(6-8-23)10-15(24)21-12-2-3-12/h1,4,9,12H,2-3,5-8,10H2,(H,21,24). The van der Waals surface area contributed by atoms with Gasteiger partial charge in [-0.3, -0.25) is 9.69 Å². The number of alkyl halides is 3. The molecule has 6 nitrogen and oxygen atoms in total. The van der Waals surface area contributed by atoms with Gasteiger partial charge >= 0.3 is 6.18 Å². The van der Waals surface area contributed by atoms with Crippen molar-refractivity contribution in [3.8, 4) is 0 Å². The topological polar surface area (TPSA) is 69.7 Å². The zero-order valence-corrected chi connectivity index (χ0v) is 15.9. The van der Waals surface area contributed by atoms with E-state index in [0.717, 1.165) is 29.3 Å². The number of carbonyl (C=O) groups excluding carboxylic acids is 1. The van der Waals surface area contributed by atoms with Gasteiger partial charge in [0.05, 0.1) is 17.1 Å². The molecule has 0 spiro atoms. The molecule has 0 aromatic heterocycles. The molecule has 2 aliphatic rings. The van der Waals surface area contributed by atoms with Crippen LogP contribution in [0.5, 0.6) is 0 Å². The maximum atomic E-state index is 12.9. The summed E-state index contributed by atoms with van der Waals surface area (Å²) in [6.07, 6.45) is -2.70. The van der Waals surface area contributed by atoms with Crippen molar-refractivity contribution in [3.63, 3.8) is 0 Å². The van der Waals surface area contributed by atoms with Crippen LogP contribution in [0.2, 0.25) is 5.02 Å². The van der Waals surface area contributed by atoms with E-state index in [4.69, 9.17) is 11.6 Å². The minimum Gasteiger partial charge on any atom is -0.352 e. The van der Waals surface area contributed by atoms with Gasteiger partial charge in [-0.25, -0.2) is 8.42 Å². The van der Waals surface area contributed by atoms with Crippen molar-refractivity contribution in [2.75, 3.05) is 32.7 Å². The minimum atomic E-state index is -4.66. The highest BCUT2D eigenvalue weighted by Gasteiger charge is 2.35. The van der Waals surface area contributed by atoms with Crippen molar-refractivity contribution in [2.45, 2.75) is 30.0 Å². The van der Waals surface area contributed by atoms with Gasteiger partial charge in [-0.15, -0.1) is 0 Å². The van der Waals surface area contributed by atoms with Crippen LogP contribution in [-0.2, 0) is 21.0 Å². The van der Waals surface area contributed by atoms with Crippen LogP contribution in [0, 0.1) is 0 Å². The zero-order valence-electron chi connectivity index (χ0n) is 14.3. The van der Waals surface area contributed by atoms with E-state index in [1.54, 1.807) is 0 Å². The van der Waals surface area contributed by atoms with Gasteiger partial charge in [-0.1, -0.05) is 11.6 Å². The molecular formula is C16H19ClF3N3O3S. The molecule has 27 heavy (non-hydrogen) atoms. The number of nitrogens with zero attached hydrogens (tertiary/aromatic N) is 2. The third kappa shape index (κ3) is 4.92. The number of sulfonamides is 1. The average molecular weight is 426 g/mol. The summed E-state index contributed by atoms with van der Waals surface area (Å²) in [7, 11) is -4.16. The lowest BCUT2D eigenvalue weighted by Gasteiger charge is -2.33. The highest BCUT2D eigenvalue weighted by molar-refractivity contribution is 7.89. The molecular weight excluding hydrogens is 407 g/mol. The molecule has 0 unspecified atom stereocenters. The van der Waals surface area contributed by atoms with E-state index in [0.29, 0.717) is 19.2 Å². The number of halogens is 4. The number of amides is 1. The Balaban J connectivity index is 1.67. The second-order valence-electron chi connectivity index (χ2n) is 6.66. The quantitative estimate of drug-likeness (QED) is 0.782. The fraction of sp³-hybridized carbons (Fsp3) is 0.562. The van der Waals surface area contributed by atoms with E-state index < -0.39 is 26.7 Å². The molecule has 1 aliphatic carbocycles. The van der Waals surface area contributed by atoms with E-state index >= 15 is 0 Å². The molecule has 2 fully saturated rings. The predicted octanol–water partition coefficient (Wildman–Crippen LogP) is 1.94. The third-order valence-corrected chi connectivity index (χ3v) is 6.90. The number of hydrogen-bond donors (Lipinski definition) is 1. The maximum Gasteiger partial charge on any atom is 0.416 e. The Morgan fingerprint density at radius 1 is 1.19 bits per heavy atom. The molecule has 1 heterocycles. The van der Waals surface area contributed by atoms with Gasteiger partial charge in [0, 0.05) is 32.2 Å². The van der Waals surface area contributed by atoms with Crippen molar-refractivity contribution < 1.29 is 26.4 Å². The van der Waals surface area contributed by atoms with Gasteiger partial charge < -0.3 is 5.32 Å². The van der Waals surface area contributed by atoms with Crippen molar-refractivity contribution in [3.05, 3.63) is 28.8 Å². The summed E-state index contributed by atoms with van der Waals surface area (Å²) in [5.41, 5.74) is -1.07. The summed E-state index contributed by atoms with van der Waals surface area (Å²) in [6.45, 7) is 0.952. The SMILES string of the molecule is O=C(CN1CCN(S(=O)(=O)c2cc(C(F)(F)F)ccc2Cl)CC1)NC1CC1. The van der Waals surface area contributed by atoms with Crippen molar-refractivity contribution in [1.29, 1.82) is 0 Å². The molecule has 1 aliphatic heterocycles. The lowest BCUT2D eigenvalue weighted by Crippen LogP contribution is -2.51. The maximum absolute atomic E-state index is 12.9. The highest BCUT2D eigenvalue weighted by atomic mass is 35.5. The Morgan fingerprint density at radius 2 is 1.81 bits per heavy atom. The number of benzene rings is 1. The Bertz CT molecular complexity index is 820. The lowest BCUT2D eigenvalue weighted by molar-refractivity contribution is -0.137. The van der Waals surface area contributed by atoms with E-state index in [1.165, 1.54) is 0 Å². The third-order valence-electron chi connectivity index (χ3n) is 4.52. The molecule has 1 N–H and O–H groups in total. The molecule has 0 radical (unpaired) electrons. The van der Waals surface area contributed by atoms with Crippen molar-refractivity contribution >= 4 is 27.5 Å². The van der Waals surface area contributed by atoms with Gasteiger partial charge in [0.1, 0.15) is 4.90 Å². The van der Waals surface area contributed by atoms with Gasteiger partial charge in [0.15, 0.2) is 0 Å². The summed E-state index contributed by atoms with van der Waals surface area (Å²) >= 11 is 5.87. The molecule has 0 bridgehead atoms. The van der Waals surface area contributed by atoms with Gasteiger partial charge in [-0.2, -0.15) is 17.5 Å². The predicted molar refractivity (Wildman–Crippen MR) is 92.8 cm³/mol. The van der Waals surface area contributed by atoms with E-state index in [1.807, 2.05) is 4.90 Å². The normalized spacial score (nSPS) is 19.9. The monoisotopic (exact) mass is 425 g/mol. The Kier molecular flexibility index (Phi) is 5.72. The van der Waals surface area contributed by atoms with E-state index in [2.05, 4.69) is 5.32 Å². The molecule has 1 amide bonds. The van der Waals surface area contributed by atoms with Gasteiger partial charge in [-0.05, 0) is 31.0 Å². The summed E-state index contributed by atoms with van der Waals surface area (Å²) in [4.78, 5) is 13.1. The molecule has 0 atom stereocenters. The Labute approximate surface area is 160 Å². The number of carbonyl (C=O) groups is 1. The zero-order chi connectivity index (χ0) is 19.8. The van der Waals surface area contributed by atoms with E-state index in [-0.39, 0.29) is 36.6 Å². The minimum absolute atomic E-state index is 0.0750.